The first kappa shape index (κ1) is 9.23. The van der Waals surface area contributed by atoms with E-state index in [0.29, 0.717) is 0 Å². The molecule has 0 atom stereocenters. The summed E-state index contributed by atoms with van der Waals surface area (Å²) in [5.41, 5.74) is 9.31. The summed E-state index contributed by atoms with van der Waals surface area (Å²) in [6.07, 6.45) is 0. The van der Waals surface area contributed by atoms with Gasteiger partial charge in [0, 0.05) is 0 Å². The van der Waals surface area contributed by atoms with Gasteiger partial charge in [-0.3, -0.25) is 0 Å². The molecular formula is C11H8N4S. The van der Waals surface area contributed by atoms with Crippen molar-refractivity contribution >= 4 is 28.3 Å². The molecule has 16 heavy (non-hydrogen) atoms. The van der Waals surface area contributed by atoms with Crippen LogP contribution in [0.2, 0.25) is 0 Å². The predicted octanol–water partition coefficient (Wildman–Crippen LogP) is 2.34. The number of aromatic nitrogens is 3. The van der Waals surface area contributed by atoms with Crippen LogP contribution >= 0.6 is 11.3 Å². The number of hydrogen-bond donors (Lipinski definition) is 1. The minimum Gasteiger partial charge on any atom is -0.366 e. The molecule has 0 bridgehead atoms. The Morgan fingerprint density at radius 2 is 1.94 bits per heavy atom. The van der Waals surface area contributed by atoms with Crippen molar-refractivity contribution in [1.82, 2.24) is 15.2 Å². The zero-order valence-corrected chi connectivity index (χ0v) is 9.11. The Bertz CT molecular complexity index is 634. The smallest absolute Gasteiger partial charge is 0.240 e. The van der Waals surface area contributed by atoms with Gasteiger partial charge in [-0.15, -0.1) is 10.2 Å². The average Bonchev–Trinajstić information content (AvgIpc) is 2.82. The lowest BCUT2D eigenvalue weighted by atomic mass is 10.1. The monoisotopic (exact) mass is 228 g/mol. The van der Waals surface area contributed by atoms with Crippen LogP contribution in [0.1, 0.15) is 0 Å². The molecule has 5 heteroatoms. The molecule has 0 radical (unpaired) electrons. The summed E-state index contributed by atoms with van der Waals surface area (Å²) in [6, 6.07) is 7.96. The highest BCUT2D eigenvalue weighted by atomic mass is 32.1. The highest BCUT2D eigenvalue weighted by Crippen LogP contribution is 2.24. The minimum absolute atomic E-state index is 0.204. The van der Waals surface area contributed by atoms with Crippen LogP contribution in [0.3, 0.4) is 0 Å². The van der Waals surface area contributed by atoms with Crippen LogP contribution < -0.4 is 5.73 Å². The van der Waals surface area contributed by atoms with Gasteiger partial charge in [0.05, 0.1) is 5.52 Å². The summed E-state index contributed by atoms with van der Waals surface area (Å²) in [5, 5.41) is 11.9. The fourth-order valence-corrected chi connectivity index (χ4v) is 2.22. The molecule has 0 amide bonds. The van der Waals surface area contributed by atoms with Gasteiger partial charge >= 0.3 is 0 Å². The number of nitrogens with two attached hydrogens (primary N) is 1. The van der Waals surface area contributed by atoms with E-state index in [1.807, 2.05) is 23.6 Å². The predicted molar refractivity (Wildman–Crippen MR) is 65.1 cm³/mol. The molecular weight excluding hydrogens is 220 g/mol. The second-order valence-corrected chi connectivity index (χ2v) is 4.17. The van der Waals surface area contributed by atoms with E-state index < -0.39 is 0 Å². The lowest BCUT2D eigenvalue weighted by Gasteiger charge is -2.00. The van der Waals surface area contributed by atoms with Crippen LogP contribution in [0.5, 0.6) is 0 Å². The molecule has 0 aliphatic rings. The lowest BCUT2D eigenvalue weighted by molar-refractivity contribution is 1.04. The largest absolute Gasteiger partial charge is 0.366 e. The number of nitrogens with zero attached hydrogens (tertiary/aromatic N) is 3. The fourth-order valence-electron chi connectivity index (χ4n) is 1.56. The van der Waals surface area contributed by atoms with Gasteiger partial charge in [0.1, 0.15) is 5.52 Å². The van der Waals surface area contributed by atoms with Gasteiger partial charge in [0.15, 0.2) is 0 Å². The molecule has 4 nitrogen and oxygen atoms in total. The molecule has 0 spiro atoms. The van der Waals surface area contributed by atoms with Gasteiger partial charge in [-0.2, -0.15) is 11.3 Å². The molecule has 0 aliphatic heterocycles. The van der Waals surface area contributed by atoms with Gasteiger partial charge in [-0.1, -0.05) is 6.07 Å². The van der Waals surface area contributed by atoms with E-state index in [-0.39, 0.29) is 5.95 Å². The van der Waals surface area contributed by atoms with Crippen LogP contribution in [0.4, 0.5) is 5.95 Å². The Balaban J connectivity index is 2.20. The lowest BCUT2D eigenvalue weighted by Crippen LogP contribution is -1.97. The summed E-state index contributed by atoms with van der Waals surface area (Å²) < 4.78 is 0. The van der Waals surface area contributed by atoms with Crippen LogP contribution in [-0.4, -0.2) is 15.2 Å². The molecule has 0 unspecified atom stereocenters. The standard InChI is InChI=1S/C11H8N4S/c12-11-13-9-2-1-7(5-10(9)14-15-11)8-3-4-16-6-8/h1-6H,(H2,12,13,15). The van der Waals surface area contributed by atoms with E-state index in [1.165, 1.54) is 5.56 Å². The van der Waals surface area contributed by atoms with Gasteiger partial charge in [0.25, 0.3) is 0 Å². The number of anilines is 1. The van der Waals surface area contributed by atoms with E-state index in [2.05, 4.69) is 26.6 Å². The van der Waals surface area contributed by atoms with Crippen molar-refractivity contribution in [2.75, 3.05) is 5.73 Å². The van der Waals surface area contributed by atoms with E-state index >= 15 is 0 Å². The maximum Gasteiger partial charge on any atom is 0.240 e. The van der Waals surface area contributed by atoms with Crippen molar-refractivity contribution < 1.29 is 0 Å². The molecule has 2 N–H and O–H groups in total. The Morgan fingerprint density at radius 1 is 1.00 bits per heavy atom. The van der Waals surface area contributed by atoms with E-state index in [9.17, 15) is 0 Å². The first-order valence-corrected chi connectivity index (χ1v) is 5.70. The van der Waals surface area contributed by atoms with Crippen molar-refractivity contribution in [3.05, 3.63) is 35.0 Å². The number of thiophene rings is 1. The maximum absolute atomic E-state index is 5.47. The number of nitrogen functional groups attached to an aromatic ring is 1. The summed E-state index contributed by atoms with van der Waals surface area (Å²) in [4.78, 5) is 4.10. The van der Waals surface area contributed by atoms with Crippen molar-refractivity contribution in [2.24, 2.45) is 0 Å². The SMILES string of the molecule is Nc1nnc2cc(-c3ccsc3)ccc2n1. The van der Waals surface area contributed by atoms with Crippen LogP contribution in [-0.2, 0) is 0 Å². The Kier molecular flexibility index (Phi) is 2.04. The zero-order chi connectivity index (χ0) is 11.0. The highest BCUT2D eigenvalue weighted by molar-refractivity contribution is 7.08. The highest BCUT2D eigenvalue weighted by Gasteiger charge is 2.02. The first-order valence-electron chi connectivity index (χ1n) is 4.75. The van der Waals surface area contributed by atoms with Gasteiger partial charge < -0.3 is 5.73 Å². The first-order chi connectivity index (χ1) is 7.83. The quantitative estimate of drug-likeness (QED) is 0.694. The third-order valence-electron chi connectivity index (χ3n) is 2.33. The van der Waals surface area contributed by atoms with Crippen molar-refractivity contribution in [2.45, 2.75) is 0 Å². The van der Waals surface area contributed by atoms with E-state index in [4.69, 9.17) is 5.73 Å². The van der Waals surface area contributed by atoms with Crippen LogP contribution in [0.15, 0.2) is 35.0 Å². The molecule has 3 aromatic rings. The fraction of sp³-hybridized carbons (Fsp3) is 0. The molecule has 2 heterocycles. The van der Waals surface area contributed by atoms with Crippen LogP contribution in [0, 0.1) is 0 Å². The molecule has 0 saturated carbocycles. The third-order valence-corrected chi connectivity index (χ3v) is 3.01. The third kappa shape index (κ3) is 1.51. The summed E-state index contributed by atoms with van der Waals surface area (Å²) in [6.45, 7) is 0. The number of rotatable bonds is 1. The molecule has 3 rings (SSSR count). The Labute approximate surface area is 95.8 Å². The van der Waals surface area contributed by atoms with Crippen molar-refractivity contribution in [1.29, 1.82) is 0 Å². The number of fused-ring (bicyclic) bond motifs is 1. The van der Waals surface area contributed by atoms with Gasteiger partial charge in [-0.05, 0) is 40.1 Å². The summed E-state index contributed by atoms with van der Waals surface area (Å²) in [7, 11) is 0. The van der Waals surface area contributed by atoms with E-state index in [1.54, 1.807) is 11.3 Å². The normalized spacial score (nSPS) is 10.8. The average molecular weight is 228 g/mol. The van der Waals surface area contributed by atoms with Crippen molar-refractivity contribution in [3.63, 3.8) is 0 Å². The topological polar surface area (TPSA) is 64.7 Å². The Hall–Kier alpha value is -2.01. The van der Waals surface area contributed by atoms with Gasteiger partial charge in [0.2, 0.25) is 5.95 Å². The minimum atomic E-state index is 0.204. The molecule has 0 fully saturated rings. The number of benzene rings is 1. The number of hydrogen-bond acceptors (Lipinski definition) is 5. The van der Waals surface area contributed by atoms with E-state index in [0.717, 1.165) is 16.6 Å². The maximum atomic E-state index is 5.47. The molecule has 1 aromatic carbocycles. The zero-order valence-electron chi connectivity index (χ0n) is 8.29. The Morgan fingerprint density at radius 3 is 2.75 bits per heavy atom. The molecule has 2 aromatic heterocycles. The van der Waals surface area contributed by atoms with Crippen molar-refractivity contribution in [3.8, 4) is 11.1 Å². The van der Waals surface area contributed by atoms with Crippen LogP contribution in [0.25, 0.3) is 22.2 Å². The molecule has 78 valence electrons. The van der Waals surface area contributed by atoms with Gasteiger partial charge in [-0.25, -0.2) is 4.98 Å². The second-order valence-electron chi connectivity index (χ2n) is 3.39. The summed E-state index contributed by atoms with van der Waals surface area (Å²) in [5.74, 6) is 0.204. The molecule has 0 saturated heterocycles. The molecule has 0 aliphatic carbocycles. The summed E-state index contributed by atoms with van der Waals surface area (Å²) >= 11 is 1.67. The second kappa shape index (κ2) is 3.53.